The molecule has 0 radical (unpaired) electrons. The highest BCUT2D eigenvalue weighted by atomic mass is 14.9. The molecule has 11 heavy (non-hydrogen) atoms. The lowest BCUT2D eigenvalue weighted by Crippen LogP contribution is -2.29. The lowest BCUT2D eigenvalue weighted by molar-refractivity contribution is 0.350. The molecule has 1 heterocycles. The van der Waals surface area contributed by atoms with Crippen LogP contribution in [0.4, 0.5) is 0 Å². The van der Waals surface area contributed by atoms with Crippen LogP contribution in [0.2, 0.25) is 0 Å². The van der Waals surface area contributed by atoms with Crippen molar-refractivity contribution in [2.45, 2.75) is 46.1 Å². The summed E-state index contributed by atoms with van der Waals surface area (Å²) in [6, 6.07) is 0.817. The highest BCUT2D eigenvalue weighted by Crippen LogP contribution is 2.20. The molecule has 0 aromatic heterocycles. The fraction of sp³-hybridized carbons (Fsp3) is 1.00. The largest absolute Gasteiger partial charge is 0.314 e. The molecule has 0 aliphatic carbocycles. The summed E-state index contributed by atoms with van der Waals surface area (Å²) in [6.07, 6.45) is 4.15. The van der Waals surface area contributed by atoms with Crippen LogP contribution < -0.4 is 5.32 Å². The Morgan fingerprint density at radius 2 is 2.09 bits per heavy atom. The van der Waals surface area contributed by atoms with Crippen molar-refractivity contribution in [2.75, 3.05) is 6.54 Å². The van der Waals surface area contributed by atoms with Gasteiger partial charge in [-0.1, -0.05) is 20.8 Å². The van der Waals surface area contributed by atoms with E-state index in [1.54, 1.807) is 0 Å². The molecule has 0 amide bonds. The normalized spacial score (nSPS) is 27.8. The SMILES string of the molecule is CC(C)CC(C)C1CCCN1. The molecular formula is C10H21N. The number of hydrogen-bond acceptors (Lipinski definition) is 1. The van der Waals surface area contributed by atoms with Gasteiger partial charge >= 0.3 is 0 Å². The number of rotatable bonds is 3. The summed E-state index contributed by atoms with van der Waals surface area (Å²) < 4.78 is 0. The van der Waals surface area contributed by atoms with Gasteiger partial charge in [-0.3, -0.25) is 0 Å². The van der Waals surface area contributed by atoms with Gasteiger partial charge in [-0.05, 0) is 37.6 Å². The Balaban J connectivity index is 2.22. The van der Waals surface area contributed by atoms with Gasteiger partial charge < -0.3 is 5.32 Å². The van der Waals surface area contributed by atoms with E-state index < -0.39 is 0 Å². The third-order valence-corrected chi connectivity index (χ3v) is 2.63. The van der Waals surface area contributed by atoms with Gasteiger partial charge in [-0.15, -0.1) is 0 Å². The van der Waals surface area contributed by atoms with Crippen LogP contribution in [-0.2, 0) is 0 Å². The second kappa shape index (κ2) is 4.10. The van der Waals surface area contributed by atoms with Crippen molar-refractivity contribution < 1.29 is 0 Å². The average Bonchev–Trinajstić information content (AvgIpc) is 2.35. The Kier molecular flexibility index (Phi) is 3.38. The van der Waals surface area contributed by atoms with Crippen molar-refractivity contribution in [1.29, 1.82) is 0 Å². The molecule has 1 aliphatic heterocycles. The fourth-order valence-corrected chi connectivity index (χ4v) is 2.11. The molecule has 2 atom stereocenters. The van der Waals surface area contributed by atoms with E-state index in [9.17, 15) is 0 Å². The Morgan fingerprint density at radius 3 is 2.55 bits per heavy atom. The van der Waals surface area contributed by atoms with Gasteiger partial charge in [0.1, 0.15) is 0 Å². The van der Waals surface area contributed by atoms with Crippen molar-refractivity contribution in [2.24, 2.45) is 11.8 Å². The predicted octanol–water partition coefficient (Wildman–Crippen LogP) is 2.42. The first-order valence-corrected chi connectivity index (χ1v) is 4.93. The Morgan fingerprint density at radius 1 is 1.36 bits per heavy atom. The van der Waals surface area contributed by atoms with E-state index in [4.69, 9.17) is 0 Å². The molecule has 1 heteroatoms. The van der Waals surface area contributed by atoms with Crippen LogP contribution in [0.1, 0.15) is 40.0 Å². The molecule has 0 aromatic carbocycles. The molecule has 1 rings (SSSR count). The van der Waals surface area contributed by atoms with Crippen molar-refractivity contribution in [3.8, 4) is 0 Å². The summed E-state index contributed by atoms with van der Waals surface area (Å²) >= 11 is 0. The van der Waals surface area contributed by atoms with Gasteiger partial charge in [-0.2, -0.15) is 0 Å². The van der Waals surface area contributed by atoms with Gasteiger partial charge in [0.15, 0.2) is 0 Å². The van der Waals surface area contributed by atoms with Gasteiger partial charge in [0.2, 0.25) is 0 Å². The van der Waals surface area contributed by atoms with Crippen LogP contribution in [0.5, 0.6) is 0 Å². The Labute approximate surface area is 70.6 Å². The summed E-state index contributed by atoms with van der Waals surface area (Å²) in [5.74, 6) is 1.73. The molecule has 1 aliphatic rings. The molecule has 1 N–H and O–H groups in total. The molecule has 1 fully saturated rings. The van der Waals surface area contributed by atoms with E-state index in [1.807, 2.05) is 0 Å². The Hall–Kier alpha value is -0.0400. The fourth-order valence-electron chi connectivity index (χ4n) is 2.11. The average molecular weight is 155 g/mol. The van der Waals surface area contributed by atoms with Crippen molar-refractivity contribution in [1.82, 2.24) is 5.32 Å². The maximum Gasteiger partial charge on any atom is 0.00932 e. The maximum atomic E-state index is 3.56. The monoisotopic (exact) mass is 155 g/mol. The second-order valence-electron chi connectivity index (χ2n) is 4.31. The van der Waals surface area contributed by atoms with Gasteiger partial charge in [0.25, 0.3) is 0 Å². The zero-order chi connectivity index (χ0) is 8.27. The maximum absolute atomic E-state index is 3.56. The molecular weight excluding hydrogens is 134 g/mol. The lowest BCUT2D eigenvalue weighted by Gasteiger charge is -2.20. The second-order valence-corrected chi connectivity index (χ2v) is 4.31. The summed E-state index contributed by atoms with van der Waals surface area (Å²) in [6.45, 7) is 8.24. The minimum absolute atomic E-state index is 0.817. The van der Waals surface area contributed by atoms with E-state index in [0.717, 1.165) is 17.9 Å². The van der Waals surface area contributed by atoms with Crippen LogP contribution in [0.3, 0.4) is 0 Å². The van der Waals surface area contributed by atoms with Crippen molar-refractivity contribution >= 4 is 0 Å². The molecule has 2 unspecified atom stereocenters. The van der Waals surface area contributed by atoms with Crippen molar-refractivity contribution in [3.05, 3.63) is 0 Å². The number of nitrogens with one attached hydrogen (secondary N) is 1. The quantitative estimate of drug-likeness (QED) is 0.660. The van der Waals surface area contributed by atoms with Gasteiger partial charge in [-0.25, -0.2) is 0 Å². The third kappa shape index (κ3) is 2.82. The molecule has 0 spiro atoms. The zero-order valence-electron chi connectivity index (χ0n) is 8.06. The van der Waals surface area contributed by atoms with Crippen LogP contribution in [0, 0.1) is 11.8 Å². The summed E-state index contributed by atoms with van der Waals surface area (Å²) in [7, 11) is 0. The minimum atomic E-state index is 0.817. The lowest BCUT2D eigenvalue weighted by atomic mass is 9.91. The molecule has 0 saturated carbocycles. The highest BCUT2D eigenvalue weighted by molar-refractivity contribution is 4.79. The summed E-state index contributed by atoms with van der Waals surface area (Å²) in [5.41, 5.74) is 0. The number of hydrogen-bond donors (Lipinski definition) is 1. The molecule has 1 nitrogen and oxygen atoms in total. The van der Waals surface area contributed by atoms with Crippen LogP contribution in [-0.4, -0.2) is 12.6 Å². The van der Waals surface area contributed by atoms with E-state index in [1.165, 1.54) is 25.8 Å². The zero-order valence-corrected chi connectivity index (χ0v) is 8.06. The van der Waals surface area contributed by atoms with Crippen molar-refractivity contribution in [3.63, 3.8) is 0 Å². The third-order valence-electron chi connectivity index (χ3n) is 2.63. The van der Waals surface area contributed by atoms with E-state index >= 15 is 0 Å². The molecule has 66 valence electrons. The molecule has 0 bridgehead atoms. The minimum Gasteiger partial charge on any atom is -0.314 e. The summed E-state index contributed by atoms with van der Waals surface area (Å²) in [5, 5.41) is 3.56. The van der Waals surface area contributed by atoms with Crippen LogP contribution in [0.15, 0.2) is 0 Å². The van der Waals surface area contributed by atoms with E-state index in [0.29, 0.717) is 0 Å². The topological polar surface area (TPSA) is 12.0 Å². The van der Waals surface area contributed by atoms with Crippen LogP contribution in [0.25, 0.3) is 0 Å². The standard InChI is InChI=1S/C10H21N/c1-8(2)7-9(3)10-5-4-6-11-10/h8-11H,4-7H2,1-3H3. The van der Waals surface area contributed by atoms with E-state index in [2.05, 4.69) is 26.1 Å². The van der Waals surface area contributed by atoms with Gasteiger partial charge in [0, 0.05) is 6.04 Å². The molecule has 0 aromatic rings. The molecule has 1 saturated heterocycles. The predicted molar refractivity (Wildman–Crippen MR) is 49.6 cm³/mol. The summed E-state index contributed by atoms with van der Waals surface area (Å²) in [4.78, 5) is 0. The van der Waals surface area contributed by atoms with Gasteiger partial charge in [0.05, 0.1) is 0 Å². The smallest absolute Gasteiger partial charge is 0.00932 e. The highest BCUT2D eigenvalue weighted by Gasteiger charge is 2.20. The van der Waals surface area contributed by atoms with Crippen LogP contribution >= 0.6 is 0 Å². The first-order chi connectivity index (χ1) is 5.20. The first kappa shape index (κ1) is 9.05. The van der Waals surface area contributed by atoms with E-state index in [-0.39, 0.29) is 0 Å². The Bertz CT molecular complexity index is 103. The first-order valence-electron chi connectivity index (χ1n) is 4.93.